The molecule has 12 heteroatoms. The van der Waals surface area contributed by atoms with Gasteiger partial charge >= 0.3 is 0 Å². The molecule has 0 saturated carbocycles. The van der Waals surface area contributed by atoms with Gasteiger partial charge in [0.05, 0.1) is 39.9 Å². The maximum atomic E-state index is 12.7. The molecule has 0 aliphatic heterocycles. The van der Waals surface area contributed by atoms with E-state index in [1.54, 1.807) is 52.5 Å². The Bertz CT molecular complexity index is 1500. The van der Waals surface area contributed by atoms with Gasteiger partial charge in [-0.2, -0.15) is 5.10 Å². The third kappa shape index (κ3) is 6.12. The average molecular weight is 564 g/mol. The van der Waals surface area contributed by atoms with Crippen LogP contribution in [0.15, 0.2) is 70.9 Å². The van der Waals surface area contributed by atoms with E-state index in [0.29, 0.717) is 50.8 Å². The lowest BCUT2D eigenvalue weighted by atomic mass is 10.1. The molecule has 0 spiro atoms. The van der Waals surface area contributed by atoms with Crippen LogP contribution in [0.5, 0.6) is 28.7 Å². The first-order valence-corrected chi connectivity index (χ1v) is 13.0. The number of aromatic nitrogens is 3. The minimum atomic E-state index is -0.327. The number of hydrazone groups is 1. The molecule has 3 aromatic carbocycles. The molecule has 208 valence electrons. The van der Waals surface area contributed by atoms with Gasteiger partial charge in [-0.15, -0.1) is 10.2 Å². The normalized spacial score (nSPS) is 11.2. The van der Waals surface area contributed by atoms with Crippen LogP contribution in [0, 0.1) is 0 Å². The molecule has 0 bridgehead atoms. The molecule has 2 N–H and O–H groups in total. The van der Waals surface area contributed by atoms with Crippen LogP contribution in [0.2, 0.25) is 0 Å². The molecule has 0 saturated heterocycles. The monoisotopic (exact) mass is 563 g/mol. The van der Waals surface area contributed by atoms with E-state index in [2.05, 4.69) is 20.7 Å². The number of nitrogens with one attached hydrogen (secondary N) is 1. The lowest BCUT2D eigenvalue weighted by Crippen LogP contribution is -2.21. The standard InChI is InChI=1S/C28H29N5O6S/c1-17(18-11-12-21(34)22(13-18)36-2)29-30-25(35)16-40-28-32-31-27(33(28)20-9-7-6-8-10-20)19-14-23(37-3)26(39-5)24(15-19)38-4/h6-15,34H,16H2,1-5H3,(H,30,35). The highest BCUT2D eigenvalue weighted by atomic mass is 32.2. The van der Waals surface area contributed by atoms with Crippen LogP contribution in [-0.4, -0.2) is 65.7 Å². The van der Waals surface area contributed by atoms with Crippen molar-refractivity contribution in [3.05, 3.63) is 66.2 Å². The largest absolute Gasteiger partial charge is 0.504 e. The fourth-order valence-electron chi connectivity index (χ4n) is 3.85. The number of benzene rings is 3. The lowest BCUT2D eigenvalue weighted by molar-refractivity contribution is -0.118. The number of phenols is 1. The Kier molecular flexibility index (Phi) is 9.12. The minimum Gasteiger partial charge on any atom is -0.504 e. The molecule has 4 aromatic rings. The number of hydrogen-bond acceptors (Lipinski definition) is 10. The van der Waals surface area contributed by atoms with Crippen molar-refractivity contribution in [3.63, 3.8) is 0 Å². The molecule has 0 fully saturated rings. The SMILES string of the molecule is COc1cc(C(C)=NNC(=O)CSc2nnc(-c3cc(OC)c(OC)c(OC)c3)n2-c2ccccc2)ccc1O. The van der Waals surface area contributed by atoms with Crippen molar-refractivity contribution in [2.24, 2.45) is 5.10 Å². The first-order chi connectivity index (χ1) is 19.4. The molecule has 1 heterocycles. The van der Waals surface area contributed by atoms with Gasteiger partial charge in [-0.3, -0.25) is 9.36 Å². The third-order valence-corrected chi connectivity index (χ3v) is 6.78. The lowest BCUT2D eigenvalue weighted by Gasteiger charge is -2.15. The van der Waals surface area contributed by atoms with Crippen molar-refractivity contribution in [2.45, 2.75) is 12.1 Å². The number of aromatic hydroxyl groups is 1. The Labute approximate surface area is 235 Å². The summed E-state index contributed by atoms with van der Waals surface area (Å²) in [6.07, 6.45) is 0. The molecule has 0 unspecified atom stereocenters. The molecular formula is C28H29N5O6S. The molecular weight excluding hydrogens is 534 g/mol. The van der Waals surface area contributed by atoms with E-state index in [0.717, 1.165) is 5.69 Å². The van der Waals surface area contributed by atoms with Crippen LogP contribution in [0.3, 0.4) is 0 Å². The zero-order valence-corrected chi connectivity index (χ0v) is 23.5. The Balaban J connectivity index is 1.59. The molecule has 4 rings (SSSR count). The van der Waals surface area contributed by atoms with Gasteiger partial charge in [-0.05, 0) is 49.4 Å². The summed E-state index contributed by atoms with van der Waals surface area (Å²) in [6.45, 7) is 1.74. The quantitative estimate of drug-likeness (QED) is 0.156. The van der Waals surface area contributed by atoms with E-state index in [1.807, 2.05) is 34.9 Å². The van der Waals surface area contributed by atoms with E-state index in [1.165, 1.54) is 24.9 Å². The second-order valence-electron chi connectivity index (χ2n) is 8.30. The number of methoxy groups -OCH3 is 4. The minimum absolute atomic E-state index is 0.0212. The zero-order chi connectivity index (χ0) is 28.6. The highest BCUT2D eigenvalue weighted by Gasteiger charge is 2.21. The van der Waals surface area contributed by atoms with Crippen molar-refractivity contribution in [1.29, 1.82) is 0 Å². The highest BCUT2D eigenvalue weighted by molar-refractivity contribution is 7.99. The van der Waals surface area contributed by atoms with E-state index < -0.39 is 0 Å². The highest BCUT2D eigenvalue weighted by Crippen LogP contribution is 2.41. The van der Waals surface area contributed by atoms with E-state index in [4.69, 9.17) is 18.9 Å². The Morgan fingerprint density at radius 2 is 1.60 bits per heavy atom. The van der Waals surface area contributed by atoms with Crippen molar-refractivity contribution in [2.75, 3.05) is 34.2 Å². The number of phenolic OH excluding ortho intramolecular Hbond substituents is 1. The first-order valence-electron chi connectivity index (χ1n) is 12.0. The fourth-order valence-corrected chi connectivity index (χ4v) is 4.59. The zero-order valence-electron chi connectivity index (χ0n) is 22.7. The van der Waals surface area contributed by atoms with Gasteiger partial charge in [0, 0.05) is 16.8 Å². The smallest absolute Gasteiger partial charge is 0.250 e. The van der Waals surface area contributed by atoms with E-state index >= 15 is 0 Å². The van der Waals surface area contributed by atoms with Crippen molar-refractivity contribution in [1.82, 2.24) is 20.2 Å². The summed E-state index contributed by atoms with van der Waals surface area (Å²) in [5, 5.41) is 23.3. The van der Waals surface area contributed by atoms with Crippen LogP contribution < -0.4 is 24.4 Å². The van der Waals surface area contributed by atoms with Gasteiger partial charge in [0.2, 0.25) is 5.75 Å². The van der Waals surface area contributed by atoms with Crippen LogP contribution in [0.25, 0.3) is 17.1 Å². The number of ether oxygens (including phenoxy) is 4. The van der Waals surface area contributed by atoms with E-state index in [-0.39, 0.29) is 17.4 Å². The van der Waals surface area contributed by atoms with Crippen LogP contribution in [-0.2, 0) is 4.79 Å². The first kappa shape index (κ1) is 28.3. The van der Waals surface area contributed by atoms with Crippen LogP contribution in [0.4, 0.5) is 0 Å². The average Bonchev–Trinajstić information content (AvgIpc) is 3.42. The summed E-state index contributed by atoms with van der Waals surface area (Å²) in [4.78, 5) is 12.7. The van der Waals surface area contributed by atoms with Crippen molar-refractivity contribution in [3.8, 4) is 45.8 Å². The summed E-state index contributed by atoms with van der Waals surface area (Å²) >= 11 is 1.22. The Morgan fingerprint density at radius 3 is 2.23 bits per heavy atom. The van der Waals surface area contributed by atoms with Crippen LogP contribution in [0.1, 0.15) is 12.5 Å². The van der Waals surface area contributed by atoms with Gasteiger partial charge in [0.1, 0.15) is 0 Å². The Hall–Kier alpha value is -4.71. The maximum absolute atomic E-state index is 12.7. The number of carbonyl (C=O) groups excluding carboxylic acids is 1. The number of carbonyl (C=O) groups is 1. The molecule has 0 atom stereocenters. The van der Waals surface area contributed by atoms with Gasteiger partial charge in [-0.1, -0.05) is 30.0 Å². The van der Waals surface area contributed by atoms with Crippen LogP contribution >= 0.6 is 11.8 Å². The van der Waals surface area contributed by atoms with Crippen molar-refractivity contribution >= 4 is 23.4 Å². The molecule has 0 radical (unpaired) electrons. The predicted octanol–water partition coefficient (Wildman–Crippen LogP) is 4.31. The second-order valence-corrected chi connectivity index (χ2v) is 9.24. The summed E-state index contributed by atoms with van der Waals surface area (Å²) in [7, 11) is 6.10. The molecule has 40 heavy (non-hydrogen) atoms. The van der Waals surface area contributed by atoms with Gasteiger partial charge in [0.25, 0.3) is 5.91 Å². The van der Waals surface area contributed by atoms with Crippen molar-refractivity contribution < 1.29 is 28.8 Å². The molecule has 0 aliphatic rings. The topological polar surface area (TPSA) is 129 Å². The molecule has 11 nitrogen and oxygen atoms in total. The molecule has 1 aromatic heterocycles. The number of rotatable bonds is 11. The summed E-state index contributed by atoms with van der Waals surface area (Å²) < 4.78 is 23.5. The molecule has 1 amide bonds. The fraction of sp³-hybridized carbons (Fsp3) is 0.214. The second kappa shape index (κ2) is 12.9. The van der Waals surface area contributed by atoms with Gasteiger partial charge in [0.15, 0.2) is 34.0 Å². The van der Waals surface area contributed by atoms with Gasteiger partial charge in [-0.25, -0.2) is 5.43 Å². The van der Waals surface area contributed by atoms with E-state index in [9.17, 15) is 9.90 Å². The Morgan fingerprint density at radius 1 is 0.925 bits per heavy atom. The van der Waals surface area contributed by atoms with Gasteiger partial charge < -0.3 is 24.1 Å². The third-order valence-electron chi connectivity index (χ3n) is 5.85. The predicted molar refractivity (Wildman–Crippen MR) is 152 cm³/mol. The molecule has 0 aliphatic carbocycles. The maximum Gasteiger partial charge on any atom is 0.250 e. The number of thioether (sulfide) groups is 1. The summed E-state index contributed by atoms with van der Waals surface area (Å²) in [6, 6.07) is 18.0. The summed E-state index contributed by atoms with van der Waals surface area (Å²) in [5.41, 5.74) is 5.31. The number of hydrogen-bond donors (Lipinski definition) is 2. The number of para-hydroxylation sites is 1. The summed E-state index contributed by atoms with van der Waals surface area (Å²) in [5.74, 6) is 2.00. The number of amides is 1. The number of nitrogens with zero attached hydrogens (tertiary/aromatic N) is 4.